The molecule has 1 heterocycles. The number of nitrogens with zero attached hydrogens (tertiary/aromatic N) is 2. The maximum Gasteiger partial charge on any atom is 0.240 e. The lowest BCUT2D eigenvalue weighted by molar-refractivity contribution is -0.130. The Morgan fingerprint density at radius 1 is 1.11 bits per heavy atom. The van der Waals surface area contributed by atoms with Crippen LogP contribution in [0.25, 0.3) is 0 Å². The Kier molecular flexibility index (Phi) is 6.47. The highest BCUT2D eigenvalue weighted by Crippen LogP contribution is 2.21. The van der Waals surface area contributed by atoms with Crippen LogP contribution in [0.5, 0.6) is 0 Å². The van der Waals surface area contributed by atoms with Gasteiger partial charge in [-0.05, 0) is 50.7 Å². The van der Waals surface area contributed by atoms with E-state index in [-0.39, 0.29) is 35.5 Å². The van der Waals surface area contributed by atoms with E-state index in [2.05, 4.69) is 16.1 Å². The number of amides is 1. The molecule has 1 aliphatic carbocycles. The van der Waals surface area contributed by atoms with Crippen molar-refractivity contribution in [2.75, 3.05) is 13.1 Å². The first kappa shape index (κ1) is 19.8. The number of nitriles is 1. The summed E-state index contributed by atoms with van der Waals surface area (Å²) < 4.78 is 27.6. The van der Waals surface area contributed by atoms with Gasteiger partial charge in [0.15, 0.2) is 0 Å². The van der Waals surface area contributed by atoms with Crippen molar-refractivity contribution in [3.63, 3.8) is 0 Å². The number of hydrogen-bond donors (Lipinski definition) is 2. The number of carbonyl (C=O) groups excluding carboxylic acids is 1. The molecule has 146 valence electrons. The zero-order valence-corrected chi connectivity index (χ0v) is 16.1. The molecule has 27 heavy (non-hydrogen) atoms. The number of carbonyl (C=O) groups is 1. The van der Waals surface area contributed by atoms with Crippen LogP contribution >= 0.6 is 0 Å². The molecule has 0 spiro atoms. The molecule has 7 nitrogen and oxygen atoms in total. The van der Waals surface area contributed by atoms with Crippen molar-refractivity contribution in [3.05, 3.63) is 30.3 Å². The van der Waals surface area contributed by atoms with E-state index in [0.29, 0.717) is 6.54 Å². The minimum atomic E-state index is -3.49. The molecule has 2 fully saturated rings. The fraction of sp³-hybridized carbons (Fsp3) is 0.579. The van der Waals surface area contributed by atoms with E-state index < -0.39 is 10.0 Å². The summed E-state index contributed by atoms with van der Waals surface area (Å²) in [6.45, 7) is 0.899. The Labute approximate surface area is 160 Å². The highest BCUT2D eigenvalue weighted by Gasteiger charge is 2.30. The molecule has 1 saturated carbocycles. The molecule has 1 aromatic rings. The fourth-order valence-electron chi connectivity index (χ4n) is 3.84. The summed E-state index contributed by atoms with van der Waals surface area (Å²) >= 11 is 0. The number of nitrogens with one attached hydrogen (secondary N) is 2. The van der Waals surface area contributed by atoms with Crippen LogP contribution in [0.4, 0.5) is 0 Å². The third-order valence-corrected chi connectivity index (χ3v) is 6.90. The van der Waals surface area contributed by atoms with Gasteiger partial charge in [-0.25, -0.2) is 13.1 Å². The first-order valence-electron chi connectivity index (χ1n) is 9.49. The Hall–Kier alpha value is -1.95. The van der Waals surface area contributed by atoms with Gasteiger partial charge >= 0.3 is 0 Å². The van der Waals surface area contributed by atoms with Crippen LogP contribution in [0.3, 0.4) is 0 Å². The van der Waals surface area contributed by atoms with E-state index in [0.717, 1.165) is 38.5 Å². The SMILES string of the molecule is N#C[C@@H]1CCCN1C(=O)CNC1CCC(NS(=O)(=O)c2ccccc2)CC1. The summed E-state index contributed by atoms with van der Waals surface area (Å²) in [4.78, 5) is 14.2. The maximum atomic E-state index is 12.4. The third-order valence-electron chi connectivity index (χ3n) is 5.37. The molecular formula is C19H26N4O3S. The molecule has 0 radical (unpaired) electrons. The molecule has 0 unspecified atom stereocenters. The summed E-state index contributed by atoms with van der Waals surface area (Å²) in [5, 5.41) is 12.4. The molecule has 1 aromatic carbocycles. The second kappa shape index (κ2) is 8.83. The number of sulfonamides is 1. The summed E-state index contributed by atoms with van der Waals surface area (Å²) in [7, 11) is -3.49. The normalized spacial score (nSPS) is 25.9. The molecule has 3 rings (SSSR count). The fourth-order valence-corrected chi connectivity index (χ4v) is 5.16. The molecule has 1 amide bonds. The molecule has 2 aliphatic rings. The van der Waals surface area contributed by atoms with Crippen molar-refractivity contribution in [1.82, 2.24) is 14.9 Å². The molecule has 8 heteroatoms. The van der Waals surface area contributed by atoms with Crippen LogP contribution in [0.2, 0.25) is 0 Å². The van der Waals surface area contributed by atoms with E-state index >= 15 is 0 Å². The highest BCUT2D eigenvalue weighted by atomic mass is 32.2. The lowest BCUT2D eigenvalue weighted by atomic mass is 9.92. The zero-order chi connectivity index (χ0) is 19.3. The first-order valence-corrected chi connectivity index (χ1v) is 11.0. The van der Waals surface area contributed by atoms with E-state index in [9.17, 15) is 13.2 Å². The zero-order valence-electron chi connectivity index (χ0n) is 15.3. The topological polar surface area (TPSA) is 102 Å². The lowest BCUT2D eigenvalue weighted by Gasteiger charge is -2.30. The summed E-state index contributed by atoms with van der Waals surface area (Å²) in [5.41, 5.74) is 0. The largest absolute Gasteiger partial charge is 0.326 e. The van der Waals surface area contributed by atoms with Gasteiger partial charge in [-0.2, -0.15) is 5.26 Å². The predicted octanol–water partition coefficient (Wildman–Crippen LogP) is 1.38. The van der Waals surface area contributed by atoms with E-state index in [1.54, 1.807) is 35.2 Å². The minimum Gasteiger partial charge on any atom is -0.326 e. The van der Waals surface area contributed by atoms with Gasteiger partial charge < -0.3 is 10.2 Å². The van der Waals surface area contributed by atoms with Crippen LogP contribution in [0.15, 0.2) is 35.2 Å². The standard InChI is InChI=1S/C19H26N4O3S/c20-13-17-5-4-12-23(17)19(24)14-21-15-8-10-16(11-9-15)22-27(25,26)18-6-2-1-3-7-18/h1-3,6-7,15-17,21-22H,4-5,8-12,14H2/t15?,16?,17-/m0/s1. The Balaban J connectivity index is 1.43. The summed E-state index contributed by atoms with van der Waals surface area (Å²) in [5.74, 6) is -0.0223. The van der Waals surface area contributed by atoms with Gasteiger partial charge in [-0.3, -0.25) is 4.79 Å². The second-order valence-electron chi connectivity index (χ2n) is 7.24. The van der Waals surface area contributed by atoms with Crippen LogP contribution in [-0.4, -0.2) is 50.4 Å². The number of rotatable bonds is 6. The van der Waals surface area contributed by atoms with Crippen molar-refractivity contribution in [1.29, 1.82) is 5.26 Å². The smallest absolute Gasteiger partial charge is 0.240 e. The average Bonchev–Trinajstić information content (AvgIpc) is 3.16. The van der Waals surface area contributed by atoms with Gasteiger partial charge in [-0.15, -0.1) is 0 Å². The lowest BCUT2D eigenvalue weighted by Crippen LogP contribution is -2.46. The van der Waals surface area contributed by atoms with Gasteiger partial charge in [0.1, 0.15) is 6.04 Å². The van der Waals surface area contributed by atoms with Gasteiger partial charge in [0.25, 0.3) is 0 Å². The number of likely N-dealkylation sites (tertiary alicyclic amines) is 1. The Bertz CT molecular complexity index is 783. The van der Waals surface area contributed by atoms with Crippen molar-refractivity contribution in [3.8, 4) is 6.07 Å². The number of hydrogen-bond acceptors (Lipinski definition) is 5. The van der Waals surface area contributed by atoms with Crippen molar-refractivity contribution in [2.45, 2.75) is 61.5 Å². The van der Waals surface area contributed by atoms with Crippen LogP contribution in [0.1, 0.15) is 38.5 Å². The molecule has 0 aromatic heterocycles. The predicted molar refractivity (Wildman–Crippen MR) is 101 cm³/mol. The van der Waals surface area contributed by atoms with Crippen molar-refractivity contribution in [2.24, 2.45) is 0 Å². The second-order valence-corrected chi connectivity index (χ2v) is 8.95. The third kappa shape index (κ3) is 5.06. The highest BCUT2D eigenvalue weighted by molar-refractivity contribution is 7.89. The molecule has 1 atom stereocenters. The van der Waals surface area contributed by atoms with Crippen LogP contribution in [-0.2, 0) is 14.8 Å². The average molecular weight is 391 g/mol. The molecule has 1 aliphatic heterocycles. The maximum absolute atomic E-state index is 12.4. The van der Waals surface area contributed by atoms with E-state index in [1.807, 2.05) is 0 Å². The van der Waals surface area contributed by atoms with Gasteiger partial charge in [0.05, 0.1) is 17.5 Å². The first-order chi connectivity index (χ1) is 13.0. The summed E-state index contributed by atoms with van der Waals surface area (Å²) in [6, 6.07) is 10.4. The summed E-state index contributed by atoms with van der Waals surface area (Å²) in [6.07, 6.45) is 4.75. The number of benzene rings is 1. The van der Waals surface area contributed by atoms with Crippen LogP contribution < -0.4 is 10.0 Å². The molecular weight excluding hydrogens is 364 g/mol. The molecule has 0 bridgehead atoms. The van der Waals surface area contributed by atoms with Gasteiger partial charge in [-0.1, -0.05) is 18.2 Å². The quantitative estimate of drug-likeness (QED) is 0.764. The van der Waals surface area contributed by atoms with Gasteiger partial charge in [0.2, 0.25) is 15.9 Å². The van der Waals surface area contributed by atoms with E-state index in [1.165, 1.54) is 0 Å². The van der Waals surface area contributed by atoms with Gasteiger partial charge in [0, 0.05) is 18.6 Å². The monoisotopic (exact) mass is 390 g/mol. The van der Waals surface area contributed by atoms with E-state index in [4.69, 9.17) is 5.26 Å². The Morgan fingerprint density at radius 2 is 1.78 bits per heavy atom. The molecule has 2 N–H and O–H groups in total. The van der Waals surface area contributed by atoms with Crippen molar-refractivity contribution < 1.29 is 13.2 Å². The Morgan fingerprint density at radius 3 is 2.44 bits per heavy atom. The molecule has 1 saturated heterocycles. The van der Waals surface area contributed by atoms with Crippen molar-refractivity contribution >= 4 is 15.9 Å². The minimum absolute atomic E-state index is 0.0223. The van der Waals surface area contributed by atoms with Crippen LogP contribution in [0, 0.1) is 11.3 Å².